The fourth-order valence-electron chi connectivity index (χ4n) is 6.16. The molecule has 0 aromatic rings. The first-order valence-corrected chi connectivity index (χ1v) is 9.18. The van der Waals surface area contributed by atoms with Crippen LogP contribution in [0, 0.1) is 28.6 Å². The van der Waals surface area contributed by atoms with Crippen LogP contribution < -0.4 is 0 Å². The first-order valence-electron chi connectivity index (χ1n) is 9.18. The Morgan fingerprint density at radius 1 is 1.29 bits per heavy atom. The Morgan fingerprint density at radius 3 is 2.83 bits per heavy atom. The highest BCUT2D eigenvalue weighted by atomic mass is 16.3. The van der Waals surface area contributed by atoms with Gasteiger partial charge in [0.25, 0.3) is 0 Å². The lowest BCUT2D eigenvalue weighted by atomic mass is 9.52. The Balaban J connectivity index is 1.73. The van der Waals surface area contributed by atoms with Gasteiger partial charge in [-0.05, 0) is 68.4 Å². The summed E-state index contributed by atoms with van der Waals surface area (Å²) in [5.74, 6) is 1.14. The van der Waals surface area contributed by atoms with Crippen molar-refractivity contribution in [1.82, 2.24) is 0 Å². The van der Waals surface area contributed by atoms with Gasteiger partial charge in [0.05, 0.1) is 0 Å². The van der Waals surface area contributed by atoms with Gasteiger partial charge in [-0.1, -0.05) is 30.2 Å². The summed E-state index contributed by atoms with van der Waals surface area (Å²) in [5.41, 5.74) is 2.59. The Bertz CT molecular complexity index is 698. The first-order chi connectivity index (χ1) is 11.4. The molecule has 2 fully saturated rings. The molecule has 0 aromatic carbocycles. The third-order valence-electron chi connectivity index (χ3n) is 7.49. The number of allylic oxidation sites excluding steroid dienone is 6. The Morgan fingerprint density at radius 2 is 2.08 bits per heavy atom. The number of Topliss-reactive ketones (excluding diaryl/α,β-unsaturated/α-hetero) is 1. The normalized spacial score (nSPS) is 43.5. The number of ketones is 2. The van der Waals surface area contributed by atoms with Crippen LogP contribution >= 0.6 is 0 Å². The average molecular weight is 326 g/mol. The zero-order chi connectivity index (χ0) is 17.1. The summed E-state index contributed by atoms with van der Waals surface area (Å²) in [6.45, 7) is 4.17. The van der Waals surface area contributed by atoms with E-state index in [1.165, 1.54) is 11.1 Å². The number of carbonyl (C=O) groups is 2. The monoisotopic (exact) mass is 326 g/mol. The largest absolute Gasteiger partial charge is 0.389 e. The lowest BCUT2D eigenvalue weighted by Crippen LogP contribution is -2.45. The van der Waals surface area contributed by atoms with Gasteiger partial charge in [-0.15, -0.1) is 0 Å². The number of fused-ring (bicyclic) bond motifs is 5. The molecule has 4 rings (SSSR count). The van der Waals surface area contributed by atoms with Crippen molar-refractivity contribution in [3.8, 4) is 0 Å². The molecule has 0 heterocycles. The van der Waals surface area contributed by atoms with Gasteiger partial charge in [0, 0.05) is 11.3 Å². The summed E-state index contributed by atoms with van der Waals surface area (Å²) >= 11 is 0. The lowest BCUT2D eigenvalue weighted by Gasteiger charge is -2.52. The standard InChI is InChI=1S/C21H26O3/c1-20-9-7-14(23)11-13(20)3-4-15-16-5-6-18(19(24)12-22)21(16,2)10-8-17(15)20/h7-9,11,15-16,18,22H,3-6,10,12H2,1-2H3/t15-,16-,18+,20-,21-/m0/s1. The van der Waals surface area contributed by atoms with Crippen molar-refractivity contribution in [2.24, 2.45) is 28.6 Å². The van der Waals surface area contributed by atoms with Gasteiger partial charge in [-0.3, -0.25) is 9.59 Å². The number of carbonyl (C=O) groups excluding carboxylic acids is 2. The predicted octanol–water partition coefficient (Wildman–Crippen LogP) is 3.39. The van der Waals surface area contributed by atoms with E-state index in [2.05, 4.69) is 26.0 Å². The van der Waals surface area contributed by atoms with E-state index in [1.807, 2.05) is 6.08 Å². The van der Waals surface area contributed by atoms with Crippen molar-refractivity contribution in [3.05, 3.63) is 35.5 Å². The lowest BCUT2D eigenvalue weighted by molar-refractivity contribution is -0.129. The van der Waals surface area contributed by atoms with E-state index < -0.39 is 0 Å². The summed E-state index contributed by atoms with van der Waals surface area (Å²) in [7, 11) is 0. The van der Waals surface area contributed by atoms with Crippen LogP contribution in [0.2, 0.25) is 0 Å². The van der Waals surface area contributed by atoms with Gasteiger partial charge in [-0.2, -0.15) is 0 Å². The van der Waals surface area contributed by atoms with Crippen LogP contribution in [0.4, 0.5) is 0 Å². The van der Waals surface area contributed by atoms with Crippen LogP contribution in [0.5, 0.6) is 0 Å². The molecule has 5 atom stereocenters. The Kier molecular flexibility index (Phi) is 3.51. The molecule has 0 spiro atoms. The first kappa shape index (κ1) is 16.0. The molecule has 24 heavy (non-hydrogen) atoms. The molecule has 0 amide bonds. The molecule has 0 saturated heterocycles. The minimum Gasteiger partial charge on any atom is -0.389 e. The maximum atomic E-state index is 12.2. The SMILES string of the molecule is C[C@]12C=CC(=O)C=C1CC[C@@H]1C2=CC[C@]2(C)[C@@H](C(=O)CO)CC[C@@H]12. The molecule has 4 aliphatic rings. The van der Waals surface area contributed by atoms with Crippen molar-refractivity contribution < 1.29 is 14.7 Å². The molecule has 0 bridgehead atoms. The second-order valence-corrected chi connectivity index (χ2v) is 8.48. The van der Waals surface area contributed by atoms with E-state index in [9.17, 15) is 14.7 Å². The molecule has 0 aromatic heterocycles. The third-order valence-corrected chi connectivity index (χ3v) is 7.49. The minimum atomic E-state index is -0.330. The number of hydrogen-bond acceptors (Lipinski definition) is 3. The van der Waals surface area contributed by atoms with E-state index in [0.717, 1.165) is 32.1 Å². The quantitative estimate of drug-likeness (QED) is 0.791. The number of rotatable bonds is 2. The van der Waals surface area contributed by atoms with Crippen LogP contribution in [0.25, 0.3) is 0 Å². The fraction of sp³-hybridized carbons (Fsp3) is 0.619. The van der Waals surface area contributed by atoms with Crippen LogP contribution in [0.15, 0.2) is 35.5 Å². The second kappa shape index (κ2) is 5.26. The molecule has 128 valence electrons. The summed E-state index contributed by atoms with van der Waals surface area (Å²) in [4.78, 5) is 24.0. The van der Waals surface area contributed by atoms with Crippen LogP contribution in [-0.2, 0) is 9.59 Å². The smallest absolute Gasteiger partial charge is 0.178 e. The molecule has 0 aliphatic heterocycles. The summed E-state index contributed by atoms with van der Waals surface area (Å²) < 4.78 is 0. The highest BCUT2D eigenvalue weighted by Crippen LogP contribution is 2.63. The van der Waals surface area contributed by atoms with Gasteiger partial charge < -0.3 is 5.11 Å². The van der Waals surface area contributed by atoms with Gasteiger partial charge in [0.15, 0.2) is 11.6 Å². The van der Waals surface area contributed by atoms with Crippen LogP contribution in [-0.4, -0.2) is 23.3 Å². The van der Waals surface area contributed by atoms with Gasteiger partial charge in [0.1, 0.15) is 6.61 Å². The molecule has 2 saturated carbocycles. The number of hydrogen-bond donors (Lipinski definition) is 1. The fourth-order valence-corrected chi connectivity index (χ4v) is 6.16. The molecule has 3 nitrogen and oxygen atoms in total. The second-order valence-electron chi connectivity index (χ2n) is 8.48. The van der Waals surface area contributed by atoms with Crippen molar-refractivity contribution in [2.75, 3.05) is 6.61 Å². The molecule has 4 aliphatic carbocycles. The summed E-state index contributed by atoms with van der Waals surface area (Å²) in [5, 5.41) is 9.34. The van der Waals surface area contributed by atoms with Crippen molar-refractivity contribution in [2.45, 2.75) is 46.0 Å². The molecule has 3 heteroatoms. The van der Waals surface area contributed by atoms with Gasteiger partial charge in [0.2, 0.25) is 0 Å². The Hall–Kier alpha value is -1.48. The highest BCUT2D eigenvalue weighted by Gasteiger charge is 2.56. The van der Waals surface area contributed by atoms with Gasteiger partial charge in [-0.25, -0.2) is 0 Å². The third kappa shape index (κ3) is 2.00. The topological polar surface area (TPSA) is 54.4 Å². The number of aliphatic hydroxyl groups excluding tert-OH is 1. The van der Waals surface area contributed by atoms with Crippen molar-refractivity contribution in [1.29, 1.82) is 0 Å². The molecular formula is C21H26O3. The number of aliphatic hydroxyl groups is 1. The summed E-state index contributed by atoms with van der Waals surface area (Å²) in [6, 6.07) is 0. The van der Waals surface area contributed by atoms with Crippen molar-refractivity contribution in [3.63, 3.8) is 0 Å². The zero-order valence-corrected chi connectivity index (χ0v) is 14.5. The van der Waals surface area contributed by atoms with E-state index in [1.54, 1.807) is 6.08 Å². The summed E-state index contributed by atoms with van der Waals surface area (Å²) in [6.07, 6.45) is 12.9. The van der Waals surface area contributed by atoms with E-state index in [0.29, 0.717) is 11.8 Å². The van der Waals surface area contributed by atoms with E-state index in [4.69, 9.17) is 0 Å². The Labute approximate surface area is 143 Å². The van der Waals surface area contributed by atoms with Crippen LogP contribution in [0.1, 0.15) is 46.0 Å². The molecule has 0 radical (unpaired) electrons. The zero-order valence-electron chi connectivity index (χ0n) is 14.5. The highest BCUT2D eigenvalue weighted by molar-refractivity contribution is 6.01. The van der Waals surface area contributed by atoms with Crippen LogP contribution in [0.3, 0.4) is 0 Å². The minimum absolute atomic E-state index is 0.00137. The van der Waals surface area contributed by atoms with Crippen molar-refractivity contribution >= 4 is 11.6 Å². The van der Waals surface area contributed by atoms with E-state index in [-0.39, 0.29) is 34.9 Å². The van der Waals surface area contributed by atoms with E-state index >= 15 is 0 Å². The van der Waals surface area contributed by atoms with Gasteiger partial charge >= 0.3 is 0 Å². The maximum absolute atomic E-state index is 12.2. The molecule has 1 N–H and O–H groups in total. The molecule has 0 unspecified atom stereocenters. The molecular weight excluding hydrogens is 300 g/mol. The predicted molar refractivity (Wildman–Crippen MR) is 92.2 cm³/mol. The maximum Gasteiger partial charge on any atom is 0.178 e. The average Bonchev–Trinajstić information content (AvgIpc) is 2.92.